The lowest BCUT2D eigenvalue weighted by Crippen LogP contribution is -2.22. The fourth-order valence-electron chi connectivity index (χ4n) is 2.12. The van der Waals surface area contributed by atoms with Crippen LogP contribution in [0.1, 0.15) is 19.8 Å². The summed E-state index contributed by atoms with van der Waals surface area (Å²) in [6, 6.07) is 3.86. The Kier molecular flexibility index (Phi) is 4.20. The number of aliphatic hydroxyl groups excluding tert-OH is 1. The predicted molar refractivity (Wildman–Crippen MR) is 67.4 cm³/mol. The number of aromatic nitrogens is 1. The molecule has 94 valence electrons. The van der Waals surface area contributed by atoms with E-state index in [1.54, 1.807) is 6.20 Å². The van der Waals surface area contributed by atoms with E-state index in [9.17, 15) is 0 Å². The van der Waals surface area contributed by atoms with Crippen LogP contribution in [0.15, 0.2) is 18.3 Å². The van der Waals surface area contributed by atoms with E-state index in [2.05, 4.69) is 16.8 Å². The smallest absolute Gasteiger partial charge is 0.171 e. The van der Waals surface area contributed by atoms with Crippen molar-refractivity contribution in [1.29, 1.82) is 0 Å². The first-order chi connectivity index (χ1) is 8.35. The van der Waals surface area contributed by atoms with Gasteiger partial charge in [-0.15, -0.1) is 0 Å². The van der Waals surface area contributed by atoms with E-state index in [-0.39, 0.29) is 6.61 Å². The van der Waals surface area contributed by atoms with Crippen molar-refractivity contribution in [1.82, 2.24) is 4.98 Å². The molecule has 0 saturated carbocycles. The van der Waals surface area contributed by atoms with Crippen LogP contribution in [0.5, 0.6) is 5.75 Å². The van der Waals surface area contributed by atoms with Gasteiger partial charge in [-0.1, -0.05) is 6.92 Å². The van der Waals surface area contributed by atoms with Crippen LogP contribution in [-0.2, 0) is 0 Å². The van der Waals surface area contributed by atoms with Gasteiger partial charge >= 0.3 is 0 Å². The molecule has 4 nitrogen and oxygen atoms in total. The van der Waals surface area contributed by atoms with Gasteiger partial charge in [0.25, 0.3) is 0 Å². The highest BCUT2D eigenvalue weighted by Crippen LogP contribution is 2.29. The van der Waals surface area contributed by atoms with E-state index in [1.807, 2.05) is 12.1 Å². The Morgan fingerprint density at radius 3 is 3.18 bits per heavy atom. The van der Waals surface area contributed by atoms with Gasteiger partial charge in [0.15, 0.2) is 11.6 Å². The van der Waals surface area contributed by atoms with Gasteiger partial charge in [0.1, 0.15) is 0 Å². The van der Waals surface area contributed by atoms with E-state index >= 15 is 0 Å². The van der Waals surface area contributed by atoms with Crippen LogP contribution in [0.3, 0.4) is 0 Å². The third-order valence-electron chi connectivity index (χ3n) is 3.06. The van der Waals surface area contributed by atoms with Gasteiger partial charge in [0.2, 0.25) is 0 Å². The molecule has 0 spiro atoms. The summed E-state index contributed by atoms with van der Waals surface area (Å²) in [5.74, 6) is 2.14. The Morgan fingerprint density at radius 1 is 1.59 bits per heavy atom. The van der Waals surface area contributed by atoms with E-state index in [1.165, 1.54) is 0 Å². The number of ether oxygens (including phenoxy) is 1. The lowest BCUT2D eigenvalue weighted by molar-refractivity contribution is 0.238. The van der Waals surface area contributed by atoms with Crippen molar-refractivity contribution < 1.29 is 9.84 Å². The third kappa shape index (κ3) is 2.88. The zero-order valence-corrected chi connectivity index (χ0v) is 10.3. The average molecular weight is 236 g/mol. The standard InChI is InChI=1S/C13H20N2O2/c1-2-8-17-12-4-3-6-14-13(12)15-7-5-11(9-15)10-16/h3-4,6,11,16H,2,5,7-10H2,1H3. The van der Waals surface area contributed by atoms with Gasteiger partial charge < -0.3 is 14.7 Å². The number of hydrogen-bond acceptors (Lipinski definition) is 4. The largest absolute Gasteiger partial charge is 0.490 e. The number of nitrogens with zero attached hydrogens (tertiary/aromatic N) is 2. The summed E-state index contributed by atoms with van der Waals surface area (Å²) in [5.41, 5.74) is 0. The summed E-state index contributed by atoms with van der Waals surface area (Å²) in [5, 5.41) is 9.16. The van der Waals surface area contributed by atoms with Crippen molar-refractivity contribution >= 4 is 5.82 Å². The number of aliphatic hydroxyl groups is 1. The molecule has 2 rings (SSSR count). The van der Waals surface area contributed by atoms with Gasteiger partial charge in [-0.25, -0.2) is 4.98 Å². The van der Waals surface area contributed by atoms with Gasteiger partial charge in [-0.3, -0.25) is 0 Å². The third-order valence-corrected chi connectivity index (χ3v) is 3.06. The number of anilines is 1. The first-order valence-corrected chi connectivity index (χ1v) is 6.28. The molecule has 0 radical (unpaired) electrons. The summed E-state index contributed by atoms with van der Waals surface area (Å²) in [6.07, 6.45) is 3.81. The minimum Gasteiger partial charge on any atom is -0.490 e. The second-order valence-corrected chi connectivity index (χ2v) is 4.46. The minimum absolute atomic E-state index is 0.258. The Bertz CT molecular complexity index is 357. The highest BCUT2D eigenvalue weighted by molar-refractivity contribution is 5.52. The molecular formula is C13H20N2O2. The molecule has 0 aromatic carbocycles. The molecule has 1 atom stereocenters. The second kappa shape index (κ2) is 5.87. The quantitative estimate of drug-likeness (QED) is 0.845. The molecule has 2 heterocycles. The summed E-state index contributed by atoms with van der Waals surface area (Å²) in [4.78, 5) is 6.60. The minimum atomic E-state index is 0.258. The Morgan fingerprint density at radius 2 is 2.47 bits per heavy atom. The lowest BCUT2D eigenvalue weighted by Gasteiger charge is -2.20. The van der Waals surface area contributed by atoms with Crippen LogP contribution in [0, 0.1) is 5.92 Å². The molecular weight excluding hydrogens is 216 g/mol. The van der Waals surface area contributed by atoms with Crippen molar-refractivity contribution in [2.75, 3.05) is 31.2 Å². The Balaban J connectivity index is 2.09. The Labute approximate surface area is 102 Å². The second-order valence-electron chi connectivity index (χ2n) is 4.46. The Hall–Kier alpha value is -1.29. The molecule has 0 amide bonds. The molecule has 1 unspecified atom stereocenters. The van der Waals surface area contributed by atoms with E-state index in [4.69, 9.17) is 9.84 Å². The highest BCUT2D eigenvalue weighted by atomic mass is 16.5. The van der Waals surface area contributed by atoms with E-state index in [0.29, 0.717) is 5.92 Å². The molecule has 1 aliphatic heterocycles. The zero-order chi connectivity index (χ0) is 12.1. The SMILES string of the molecule is CCCOc1cccnc1N1CCC(CO)C1. The van der Waals surface area contributed by atoms with Crippen molar-refractivity contribution in [3.63, 3.8) is 0 Å². The monoisotopic (exact) mass is 236 g/mol. The molecule has 17 heavy (non-hydrogen) atoms. The van der Waals surface area contributed by atoms with Gasteiger partial charge in [-0.2, -0.15) is 0 Å². The van der Waals surface area contributed by atoms with Gasteiger partial charge in [-0.05, 0) is 25.0 Å². The van der Waals surface area contributed by atoms with E-state index in [0.717, 1.165) is 44.1 Å². The fraction of sp³-hybridized carbons (Fsp3) is 0.615. The molecule has 1 aromatic heterocycles. The maximum absolute atomic E-state index is 9.16. The zero-order valence-electron chi connectivity index (χ0n) is 10.3. The van der Waals surface area contributed by atoms with Crippen molar-refractivity contribution in [3.8, 4) is 5.75 Å². The summed E-state index contributed by atoms with van der Waals surface area (Å²) < 4.78 is 5.70. The van der Waals surface area contributed by atoms with Crippen molar-refractivity contribution in [2.45, 2.75) is 19.8 Å². The fourth-order valence-corrected chi connectivity index (χ4v) is 2.12. The van der Waals surface area contributed by atoms with Gasteiger partial charge in [0, 0.05) is 31.8 Å². The van der Waals surface area contributed by atoms with Crippen molar-refractivity contribution in [2.24, 2.45) is 5.92 Å². The van der Waals surface area contributed by atoms with Crippen molar-refractivity contribution in [3.05, 3.63) is 18.3 Å². The molecule has 0 aliphatic carbocycles. The molecule has 1 N–H and O–H groups in total. The molecule has 1 aromatic rings. The highest BCUT2D eigenvalue weighted by Gasteiger charge is 2.24. The summed E-state index contributed by atoms with van der Waals surface area (Å²) in [6.45, 7) is 4.89. The maximum Gasteiger partial charge on any atom is 0.171 e. The van der Waals surface area contributed by atoms with E-state index < -0.39 is 0 Å². The maximum atomic E-state index is 9.16. The molecule has 1 saturated heterocycles. The topological polar surface area (TPSA) is 45.6 Å². The summed E-state index contributed by atoms with van der Waals surface area (Å²) in [7, 11) is 0. The van der Waals surface area contributed by atoms with Gasteiger partial charge in [0.05, 0.1) is 6.61 Å². The predicted octanol–water partition coefficient (Wildman–Crippen LogP) is 1.69. The number of hydrogen-bond donors (Lipinski definition) is 1. The van der Waals surface area contributed by atoms with Crippen LogP contribution in [-0.4, -0.2) is 36.4 Å². The molecule has 1 fully saturated rings. The van der Waals surface area contributed by atoms with Crippen LogP contribution >= 0.6 is 0 Å². The number of rotatable bonds is 5. The molecule has 0 bridgehead atoms. The first kappa shape index (κ1) is 12.2. The summed E-state index contributed by atoms with van der Waals surface area (Å²) >= 11 is 0. The molecule has 1 aliphatic rings. The lowest BCUT2D eigenvalue weighted by atomic mass is 10.1. The van der Waals surface area contributed by atoms with Crippen LogP contribution in [0.2, 0.25) is 0 Å². The average Bonchev–Trinajstić information content (AvgIpc) is 2.85. The van der Waals surface area contributed by atoms with Crippen LogP contribution in [0.4, 0.5) is 5.82 Å². The molecule has 4 heteroatoms. The van der Waals surface area contributed by atoms with Crippen LogP contribution in [0.25, 0.3) is 0 Å². The normalized spacial score (nSPS) is 19.6. The number of pyridine rings is 1. The van der Waals surface area contributed by atoms with Crippen LogP contribution < -0.4 is 9.64 Å². The first-order valence-electron chi connectivity index (χ1n) is 6.28.